The number of carbonyl (C=O) groups excluding carboxylic acids is 2. The zero-order valence-corrected chi connectivity index (χ0v) is 13.7. The van der Waals surface area contributed by atoms with Crippen LogP contribution in [0.2, 0.25) is 0 Å². The smallest absolute Gasteiger partial charge is 0.411 e. The van der Waals surface area contributed by atoms with E-state index in [9.17, 15) is 13.8 Å². The molecule has 3 atom stereocenters. The van der Waals surface area contributed by atoms with E-state index in [0.717, 1.165) is 0 Å². The van der Waals surface area contributed by atoms with Crippen molar-refractivity contribution < 1.29 is 18.5 Å². The molecule has 7 heteroatoms. The van der Waals surface area contributed by atoms with Crippen molar-refractivity contribution in [3.8, 4) is 0 Å². The average molecular weight is 324 g/mol. The Hall–Kier alpha value is -1.89. The fourth-order valence-corrected chi connectivity index (χ4v) is 3.74. The van der Waals surface area contributed by atoms with Crippen molar-refractivity contribution in [2.24, 2.45) is 0 Å². The molecule has 1 aromatic rings. The lowest BCUT2D eigenvalue weighted by Crippen LogP contribution is -2.52. The summed E-state index contributed by atoms with van der Waals surface area (Å²) in [7, 11) is 0.389. The molecule has 0 aliphatic carbocycles. The SMILES string of the molecule is COC(=O)Nc1cccc(C(=O)N2CC[S@](=O)[C@H](C)[C@H]2C)c1. The lowest BCUT2D eigenvalue weighted by atomic mass is 10.1. The molecule has 1 N–H and O–H groups in total. The Morgan fingerprint density at radius 2 is 2.09 bits per heavy atom. The maximum atomic E-state index is 12.7. The van der Waals surface area contributed by atoms with Crippen LogP contribution in [0.5, 0.6) is 0 Å². The second kappa shape index (κ2) is 6.91. The van der Waals surface area contributed by atoms with Crippen LogP contribution in [0, 0.1) is 0 Å². The first-order chi connectivity index (χ1) is 10.4. The number of rotatable bonds is 2. The fraction of sp³-hybridized carbons (Fsp3) is 0.467. The molecule has 2 rings (SSSR count). The Labute approximate surface area is 132 Å². The highest BCUT2D eigenvalue weighted by Crippen LogP contribution is 2.20. The Bertz CT molecular complexity index is 605. The third kappa shape index (κ3) is 3.47. The predicted octanol–water partition coefficient (Wildman–Crippen LogP) is 1.85. The van der Waals surface area contributed by atoms with Crippen molar-refractivity contribution in [3.63, 3.8) is 0 Å². The van der Waals surface area contributed by atoms with Gasteiger partial charge in [0.1, 0.15) is 0 Å². The van der Waals surface area contributed by atoms with Gasteiger partial charge in [-0.15, -0.1) is 0 Å². The van der Waals surface area contributed by atoms with E-state index in [0.29, 0.717) is 23.5 Å². The second-order valence-corrected chi connectivity index (χ2v) is 7.14. The summed E-state index contributed by atoms with van der Waals surface area (Å²) in [6.45, 7) is 4.29. The van der Waals surface area contributed by atoms with Gasteiger partial charge in [-0.1, -0.05) is 6.07 Å². The summed E-state index contributed by atoms with van der Waals surface area (Å²) in [6.07, 6.45) is -0.583. The number of methoxy groups -OCH3 is 1. The number of amides is 2. The quantitative estimate of drug-likeness (QED) is 0.901. The van der Waals surface area contributed by atoms with Crippen LogP contribution in [0.25, 0.3) is 0 Å². The minimum Gasteiger partial charge on any atom is -0.453 e. The van der Waals surface area contributed by atoms with Gasteiger partial charge < -0.3 is 9.64 Å². The number of nitrogens with zero attached hydrogens (tertiary/aromatic N) is 1. The fourth-order valence-electron chi connectivity index (χ4n) is 2.40. The molecular formula is C15H20N2O4S. The Kier molecular flexibility index (Phi) is 5.18. The van der Waals surface area contributed by atoms with Crippen LogP contribution in [0.4, 0.5) is 10.5 Å². The highest BCUT2D eigenvalue weighted by atomic mass is 32.2. The monoisotopic (exact) mass is 324 g/mol. The zero-order chi connectivity index (χ0) is 16.3. The molecule has 1 heterocycles. The maximum Gasteiger partial charge on any atom is 0.411 e. The van der Waals surface area contributed by atoms with Crippen molar-refractivity contribution in [2.45, 2.75) is 25.1 Å². The van der Waals surface area contributed by atoms with E-state index >= 15 is 0 Å². The lowest BCUT2D eigenvalue weighted by molar-refractivity contribution is 0.0695. The molecule has 1 saturated heterocycles. The molecule has 0 aromatic heterocycles. The van der Waals surface area contributed by atoms with Gasteiger partial charge in [0, 0.05) is 40.4 Å². The van der Waals surface area contributed by atoms with Crippen LogP contribution in [0.1, 0.15) is 24.2 Å². The van der Waals surface area contributed by atoms with Gasteiger partial charge in [0.25, 0.3) is 5.91 Å². The number of anilines is 1. The number of hydrogen-bond acceptors (Lipinski definition) is 4. The summed E-state index contributed by atoms with van der Waals surface area (Å²) in [6, 6.07) is 6.62. The van der Waals surface area contributed by atoms with E-state index in [1.54, 1.807) is 29.2 Å². The van der Waals surface area contributed by atoms with Crippen LogP contribution in [0.15, 0.2) is 24.3 Å². The van der Waals surface area contributed by atoms with E-state index in [2.05, 4.69) is 10.1 Å². The molecule has 22 heavy (non-hydrogen) atoms. The number of hydrogen-bond donors (Lipinski definition) is 1. The topological polar surface area (TPSA) is 75.7 Å². The molecule has 2 amide bonds. The molecule has 0 spiro atoms. The van der Waals surface area contributed by atoms with E-state index in [4.69, 9.17) is 0 Å². The first-order valence-electron chi connectivity index (χ1n) is 7.07. The Morgan fingerprint density at radius 1 is 1.36 bits per heavy atom. The molecule has 0 radical (unpaired) electrons. The van der Waals surface area contributed by atoms with Gasteiger partial charge in [0.2, 0.25) is 0 Å². The second-order valence-electron chi connectivity index (χ2n) is 5.23. The van der Waals surface area contributed by atoms with Crippen LogP contribution in [-0.2, 0) is 15.5 Å². The van der Waals surface area contributed by atoms with E-state index < -0.39 is 16.9 Å². The summed E-state index contributed by atoms with van der Waals surface area (Å²) in [5, 5.41) is 2.49. The van der Waals surface area contributed by atoms with Crippen LogP contribution in [-0.4, -0.2) is 51.8 Å². The number of nitrogens with one attached hydrogen (secondary N) is 1. The summed E-state index contributed by atoms with van der Waals surface area (Å²) < 4.78 is 16.4. The molecule has 120 valence electrons. The van der Waals surface area contributed by atoms with Crippen LogP contribution in [0.3, 0.4) is 0 Å². The summed E-state index contributed by atoms with van der Waals surface area (Å²) >= 11 is 0. The molecular weight excluding hydrogens is 304 g/mol. The Balaban J connectivity index is 2.17. The van der Waals surface area contributed by atoms with Gasteiger partial charge in [0.15, 0.2) is 0 Å². The number of ether oxygens (including phenoxy) is 1. The largest absolute Gasteiger partial charge is 0.453 e. The van der Waals surface area contributed by atoms with Gasteiger partial charge in [-0.3, -0.25) is 14.3 Å². The Morgan fingerprint density at radius 3 is 2.77 bits per heavy atom. The molecule has 1 aliphatic rings. The van der Waals surface area contributed by atoms with Gasteiger partial charge in [-0.2, -0.15) is 0 Å². The first-order valence-corrected chi connectivity index (χ1v) is 8.45. The number of carbonyl (C=O) groups is 2. The van der Waals surface area contributed by atoms with E-state index in [-0.39, 0.29) is 17.2 Å². The van der Waals surface area contributed by atoms with Crippen LogP contribution < -0.4 is 5.32 Å². The number of benzene rings is 1. The average Bonchev–Trinajstić information content (AvgIpc) is 2.52. The van der Waals surface area contributed by atoms with Crippen LogP contribution >= 0.6 is 0 Å². The molecule has 6 nitrogen and oxygen atoms in total. The van der Waals surface area contributed by atoms with Crippen molar-refractivity contribution in [2.75, 3.05) is 24.7 Å². The molecule has 1 aromatic carbocycles. The maximum absolute atomic E-state index is 12.7. The molecule has 1 aliphatic heterocycles. The minimum atomic E-state index is -0.890. The zero-order valence-electron chi connectivity index (χ0n) is 12.9. The summed E-state index contributed by atoms with van der Waals surface area (Å²) in [5.41, 5.74) is 0.986. The van der Waals surface area contributed by atoms with Crippen molar-refractivity contribution in [3.05, 3.63) is 29.8 Å². The van der Waals surface area contributed by atoms with Crippen molar-refractivity contribution in [1.29, 1.82) is 0 Å². The highest BCUT2D eigenvalue weighted by Gasteiger charge is 2.33. The first kappa shape index (κ1) is 16.5. The molecule has 1 fully saturated rings. The molecule has 0 bridgehead atoms. The highest BCUT2D eigenvalue weighted by molar-refractivity contribution is 7.85. The molecule has 0 unspecified atom stereocenters. The van der Waals surface area contributed by atoms with E-state index in [1.807, 2.05) is 13.8 Å². The standard InChI is InChI=1S/C15H20N2O4S/c1-10-11(2)22(20)8-7-17(10)14(18)12-5-4-6-13(9-12)16-15(19)21-3/h4-6,9-11H,7-8H2,1-3H3,(H,16,19)/t10-,11-,22+/m1/s1. The summed E-state index contributed by atoms with van der Waals surface area (Å²) in [5.74, 6) is 0.377. The minimum absolute atomic E-state index is 0.0472. The third-order valence-electron chi connectivity index (χ3n) is 3.92. The van der Waals surface area contributed by atoms with Gasteiger partial charge in [0.05, 0.1) is 12.4 Å². The van der Waals surface area contributed by atoms with Gasteiger partial charge >= 0.3 is 6.09 Å². The summed E-state index contributed by atoms with van der Waals surface area (Å²) in [4.78, 5) is 25.6. The normalized spacial score (nSPS) is 24.7. The third-order valence-corrected chi connectivity index (χ3v) is 5.73. The van der Waals surface area contributed by atoms with Crippen molar-refractivity contribution in [1.82, 2.24) is 4.90 Å². The van der Waals surface area contributed by atoms with Gasteiger partial charge in [-0.25, -0.2) is 4.79 Å². The predicted molar refractivity (Wildman–Crippen MR) is 85.4 cm³/mol. The van der Waals surface area contributed by atoms with Crippen molar-refractivity contribution >= 4 is 28.5 Å². The lowest BCUT2D eigenvalue weighted by Gasteiger charge is -2.37. The van der Waals surface area contributed by atoms with E-state index in [1.165, 1.54) is 7.11 Å². The molecule has 0 saturated carbocycles. The van der Waals surface area contributed by atoms with Gasteiger partial charge in [-0.05, 0) is 32.0 Å².